The number of rotatable bonds is 6. The highest BCUT2D eigenvalue weighted by Gasteiger charge is 2.36. The van der Waals surface area contributed by atoms with Crippen molar-refractivity contribution in [1.29, 1.82) is 0 Å². The first-order valence-corrected chi connectivity index (χ1v) is 14.4. The van der Waals surface area contributed by atoms with Gasteiger partial charge in [0.25, 0.3) is 0 Å². The van der Waals surface area contributed by atoms with Crippen LogP contribution in [0.25, 0.3) is 28.2 Å². The minimum absolute atomic E-state index is 0.272. The molecule has 1 aliphatic heterocycles. The summed E-state index contributed by atoms with van der Waals surface area (Å²) < 4.78 is 15.7. The number of carbonyl (C=O) groups excluding carboxylic acids is 1. The van der Waals surface area contributed by atoms with Gasteiger partial charge in [-0.1, -0.05) is 32.0 Å². The predicted octanol–water partition coefficient (Wildman–Crippen LogP) is 6.67. The van der Waals surface area contributed by atoms with Crippen molar-refractivity contribution in [2.75, 3.05) is 25.1 Å². The van der Waals surface area contributed by atoms with Crippen LogP contribution in [0.15, 0.2) is 42.6 Å². The number of esters is 1. The summed E-state index contributed by atoms with van der Waals surface area (Å²) in [4.78, 5) is 20.7. The molecule has 0 saturated carbocycles. The second-order valence-corrected chi connectivity index (χ2v) is 13.1. The van der Waals surface area contributed by atoms with Crippen molar-refractivity contribution < 1.29 is 14.3 Å². The van der Waals surface area contributed by atoms with E-state index in [0.29, 0.717) is 0 Å². The van der Waals surface area contributed by atoms with E-state index in [1.54, 1.807) is 0 Å². The van der Waals surface area contributed by atoms with E-state index < -0.39 is 17.7 Å². The highest BCUT2D eigenvalue weighted by molar-refractivity contribution is 5.81. The van der Waals surface area contributed by atoms with E-state index in [0.717, 1.165) is 76.7 Å². The molecule has 1 fully saturated rings. The number of hydrogen-bond donors (Lipinski definition) is 0. The van der Waals surface area contributed by atoms with Gasteiger partial charge in [-0.25, -0.2) is 9.78 Å². The monoisotopic (exact) mass is 557 g/mol. The summed E-state index contributed by atoms with van der Waals surface area (Å²) in [5.74, 6) is 0.549. The van der Waals surface area contributed by atoms with E-state index in [4.69, 9.17) is 14.5 Å². The van der Waals surface area contributed by atoms with E-state index >= 15 is 0 Å². The minimum Gasteiger partial charge on any atom is -0.467 e. The number of aromatic nitrogens is 4. The van der Waals surface area contributed by atoms with Crippen molar-refractivity contribution in [3.8, 4) is 22.5 Å². The molecule has 8 nitrogen and oxygen atoms in total. The summed E-state index contributed by atoms with van der Waals surface area (Å²) in [5.41, 5.74) is 7.36. The number of carbonyl (C=O) groups is 1. The van der Waals surface area contributed by atoms with Gasteiger partial charge in [-0.2, -0.15) is 5.10 Å². The molecule has 0 spiro atoms. The summed E-state index contributed by atoms with van der Waals surface area (Å²) in [6.45, 7) is 16.3. The Bertz CT molecular complexity index is 1580. The van der Waals surface area contributed by atoms with Gasteiger partial charge >= 0.3 is 5.97 Å². The number of fused-ring (bicyclic) bond motifs is 1. The number of benzene rings is 1. The Hall–Kier alpha value is -3.65. The van der Waals surface area contributed by atoms with Crippen LogP contribution in [0.5, 0.6) is 0 Å². The lowest BCUT2D eigenvalue weighted by Crippen LogP contribution is -2.40. The number of pyridine rings is 1. The first-order valence-electron chi connectivity index (χ1n) is 14.4. The van der Waals surface area contributed by atoms with Gasteiger partial charge in [0.1, 0.15) is 11.5 Å². The van der Waals surface area contributed by atoms with Crippen LogP contribution in [-0.4, -0.2) is 50.9 Å². The van der Waals surface area contributed by atoms with E-state index in [2.05, 4.69) is 64.8 Å². The Kier molecular flexibility index (Phi) is 7.49. The van der Waals surface area contributed by atoms with E-state index in [-0.39, 0.29) is 5.41 Å². The molecule has 5 rings (SSSR count). The second-order valence-electron chi connectivity index (χ2n) is 13.1. The first kappa shape index (κ1) is 28.9. The number of nitrogens with zero attached hydrogens (tertiary/aromatic N) is 5. The molecule has 4 heterocycles. The largest absolute Gasteiger partial charge is 0.467 e. The van der Waals surface area contributed by atoms with E-state index in [1.807, 2.05) is 52.4 Å². The Morgan fingerprint density at radius 3 is 2.34 bits per heavy atom. The van der Waals surface area contributed by atoms with Crippen LogP contribution in [0.1, 0.15) is 70.4 Å². The molecule has 0 N–H and O–H groups in total. The second kappa shape index (κ2) is 10.6. The molecule has 1 saturated heterocycles. The molecule has 0 radical (unpaired) electrons. The maximum Gasteiger partial charge on any atom is 0.339 e. The van der Waals surface area contributed by atoms with Crippen LogP contribution < -0.4 is 4.90 Å². The van der Waals surface area contributed by atoms with Gasteiger partial charge in [-0.3, -0.25) is 9.08 Å². The van der Waals surface area contributed by atoms with Crippen LogP contribution in [0.2, 0.25) is 0 Å². The third-order valence-electron chi connectivity index (χ3n) is 7.99. The van der Waals surface area contributed by atoms with Crippen molar-refractivity contribution in [3.05, 3.63) is 59.4 Å². The fraction of sp³-hybridized carbons (Fsp3) is 0.485. The molecule has 8 heteroatoms. The van der Waals surface area contributed by atoms with Crippen LogP contribution >= 0.6 is 0 Å². The number of aryl methyl sites for hydroxylation is 3. The zero-order valence-electron chi connectivity index (χ0n) is 25.9. The van der Waals surface area contributed by atoms with Crippen LogP contribution in [0, 0.1) is 19.3 Å². The average Bonchev–Trinajstić information content (AvgIpc) is 3.48. The molecule has 218 valence electrons. The fourth-order valence-electron chi connectivity index (χ4n) is 5.76. The maximum atomic E-state index is 13.2. The van der Waals surface area contributed by atoms with Crippen molar-refractivity contribution in [1.82, 2.24) is 19.2 Å². The smallest absolute Gasteiger partial charge is 0.339 e. The van der Waals surface area contributed by atoms with Gasteiger partial charge in [-0.05, 0) is 76.6 Å². The quantitative estimate of drug-likeness (QED) is 0.246. The third-order valence-corrected chi connectivity index (χ3v) is 7.99. The third kappa shape index (κ3) is 5.89. The Labute approximate surface area is 243 Å². The topological polar surface area (TPSA) is 73.9 Å². The van der Waals surface area contributed by atoms with Crippen LogP contribution in [0.3, 0.4) is 0 Å². The standard InChI is InChI=1S/C33H43N5O3/c1-21-17-27-34-25(23-11-10-12-24(19-23)26-18-22(2)35-36(26)8)20-38(27)30(37-15-13-33(6,7)14-16-37)28(21)29(31(39)40-9)41-32(3,4)5/h10-12,17-20,29H,13-16H2,1-9H3. The highest BCUT2D eigenvalue weighted by Crippen LogP contribution is 2.40. The first-order chi connectivity index (χ1) is 19.3. The fourth-order valence-corrected chi connectivity index (χ4v) is 5.76. The molecule has 1 atom stereocenters. The van der Waals surface area contributed by atoms with Crippen molar-refractivity contribution >= 4 is 17.4 Å². The normalized spacial score (nSPS) is 16.3. The molecule has 1 aromatic carbocycles. The van der Waals surface area contributed by atoms with Gasteiger partial charge in [0.05, 0.1) is 29.8 Å². The molecule has 1 aliphatic rings. The molecule has 0 amide bonds. The Morgan fingerprint density at radius 2 is 1.73 bits per heavy atom. The number of hydrogen-bond acceptors (Lipinski definition) is 6. The minimum atomic E-state index is -0.864. The summed E-state index contributed by atoms with van der Waals surface area (Å²) in [6.07, 6.45) is 3.33. The molecular weight excluding hydrogens is 514 g/mol. The van der Waals surface area contributed by atoms with Crippen molar-refractivity contribution in [2.24, 2.45) is 12.5 Å². The maximum absolute atomic E-state index is 13.2. The molecule has 0 bridgehead atoms. The predicted molar refractivity (Wildman–Crippen MR) is 163 cm³/mol. The Morgan fingerprint density at radius 1 is 1.05 bits per heavy atom. The van der Waals surface area contributed by atoms with Gasteiger partial charge in [0.15, 0.2) is 6.10 Å². The number of imidazole rings is 1. The molecule has 1 unspecified atom stereocenters. The van der Waals surface area contributed by atoms with E-state index in [1.165, 1.54) is 7.11 Å². The van der Waals surface area contributed by atoms with Crippen molar-refractivity contribution in [2.45, 2.75) is 73.0 Å². The van der Waals surface area contributed by atoms with E-state index in [9.17, 15) is 4.79 Å². The van der Waals surface area contributed by atoms with Gasteiger partial charge in [-0.15, -0.1) is 0 Å². The number of methoxy groups -OCH3 is 1. The lowest BCUT2D eigenvalue weighted by molar-refractivity contribution is -0.164. The van der Waals surface area contributed by atoms with Gasteiger partial charge in [0, 0.05) is 43.0 Å². The van der Waals surface area contributed by atoms with Crippen LogP contribution in [-0.2, 0) is 21.3 Å². The summed E-state index contributed by atoms with van der Waals surface area (Å²) in [7, 11) is 3.39. The molecular formula is C33H43N5O3. The zero-order valence-corrected chi connectivity index (χ0v) is 25.9. The van der Waals surface area contributed by atoms with Gasteiger partial charge < -0.3 is 14.4 Å². The Balaban J connectivity index is 1.69. The summed E-state index contributed by atoms with van der Waals surface area (Å²) in [5, 5.41) is 4.52. The summed E-state index contributed by atoms with van der Waals surface area (Å²) >= 11 is 0. The average molecular weight is 558 g/mol. The lowest BCUT2D eigenvalue weighted by Gasteiger charge is -2.40. The number of ether oxygens (including phenoxy) is 2. The van der Waals surface area contributed by atoms with Crippen molar-refractivity contribution in [3.63, 3.8) is 0 Å². The number of anilines is 1. The highest BCUT2D eigenvalue weighted by atomic mass is 16.6. The number of piperidine rings is 1. The lowest BCUT2D eigenvalue weighted by atomic mass is 9.82. The summed E-state index contributed by atoms with van der Waals surface area (Å²) in [6, 6.07) is 12.6. The SMILES string of the molecule is COC(=O)C(OC(C)(C)C)c1c(C)cc2nc(-c3cccc(-c4cc(C)nn4C)c3)cn2c1N1CCC(C)(C)CC1. The molecule has 0 aliphatic carbocycles. The molecule has 4 aromatic rings. The molecule has 41 heavy (non-hydrogen) atoms. The zero-order chi connectivity index (χ0) is 29.7. The van der Waals surface area contributed by atoms with Crippen LogP contribution in [0.4, 0.5) is 5.82 Å². The van der Waals surface area contributed by atoms with Gasteiger partial charge in [0.2, 0.25) is 0 Å². The molecule has 3 aromatic heterocycles.